The average Bonchev–Trinajstić information content (AvgIpc) is 3.76. The molecule has 5 saturated carbocycles. The topological polar surface area (TPSA) is 6.25 Å². The highest BCUT2D eigenvalue weighted by atomic mass is 15.2. The summed E-state index contributed by atoms with van der Waals surface area (Å²) in [4.78, 5) is 2.98. The van der Waals surface area contributed by atoms with Gasteiger partial charge >= 0.3 is 0 Å². The molecular formula is C45H69N2+. The van der Waals surface area contributed by atoms with Gasteiger partial charge in [0.15, 0.2) is 11.8 Å². The highest BCUT2D eigenvalue weighted by Crippen LogP contribution is 2.55. The summed E-state index contributed by atoms with van der Waals surface area (Å²) in [6.07, 6.45) is 43.6. The van der Waals surface area contributed by atoms with Gasteiger partial charge in [-0.25, -0.2) is 4.58 Å². The third-order valence-electron chi connectivity index (χ3n) is 15.2. The number of likely N-dealkylation sites (tertiary alicyclic amines) is 1. The lowest BCUT2D eigenvalue weighted by Gasteiger charge is -2.41. The minimum atomic E-state index is 0.795. The molecule has 6 aliphatic carbocycles. The predicted molar refractivity (Wildman–Crippen MR) is 199 cm³/mol. The van der Waals surface area contributed by atoms with Gasteiger partial charge in [0.1, 0.15) is 6.54 Å². The standard InChI is InChI=1S/C45H69N2/c1-3-5-30-46-39(37-20-10-16-33-18-12-22-41(46)44(33)37)28-26-35-24-25-36(43(35)32-14-8-7-9-15-32)27-29-40-38-21-11-17-34-19-13-23-42(45(34)38)47(40)31-6-4-2/h26-29,32-34,37-38,41-42,44-45H,3-25,30-31H2,1-2H3/q+1. The van der Waals surface area contributed by atoms with Gasteiger partial charge in [0, 0.05) is 49.0 Å². The Morgan fingerprint density at radius 1 is 0.660 bits per heavy atom. The highest BCUT2D eigenvalue weighted by Gasteiger charge is 2.54. The summed E-state index contributed by atoms with van der Waals surface area (Å²) in [5, 5.41) is 0. The number of rotatable bonds is 10. The van der Waals surface area contributed by atoms with E-state index >= 15 is 0 Å². The zero-order chi connectivity index (χ0) is 31.7. The minimum absolute atomic E-state index is 0.795. The summed E-state index contributed by atoms with van der Waals surface area (Å²) in [7, 11) is 0. The van der Waals surface area contributed by atoms with Crippen LogP contribution in [0.5, 0.6) is 0 Å². The van der Waals surface area contributed by atoms with Gasteiger partial charge in [-0.05, 0) is 117 Å². The predicted octanol–water partition coefficient (Wildman–Crippen LogP) is 11.6. The molecule has 6 fully saturated rings. The molecule has 2 nitrogen and oxygen atoms in total. The molecule has 0 spiro atoms. The zero-order valence-electron chi connectivity index (χ0n) is 30.6. The van der Waals surface area contributed by atoms with Crippen molar-refractivity contribution in [3.63, 3.8) is 0 Å². The molecule has 8 aliphatic rings. The smallest absolute Gasteiger partial charge is 0.179 e. The van der Waals surface area contributed by atoms with E-state index < -0.39 is 0 Å². The van der Waals surface area contributed by atoms with Gasteiger partial charge < -0.3 is 4.90 Å². The summed E-state index contributed by atoms with van der Waals surface area (Å²) >= 11 is 0. The Balaban J connectivity index is 1.13. The summed E-state index contributed by atoms with van der Waals surface area (Å²) in [6.45, 7) is 7.37. The van der Waals surface area contributed by atoms with Crippen LogP contribution in [0.3, 0.4) is 0 Å². The molecule has 0 radical (unpaired) electrons. The van der Waals surface area contributed by atoms with Crippen LogP contribution in [0.1, 0.15) is 162 Å². The average molecular weight is 638 g/mol. The number of hydrogen-bond acceptors (Lipinski definition) is 1. The maximum atomic E-state index is 2.98. The van der Waals surface area contributed by atoms with E-state index in [4.69, 9.17) is 0 Å². The summed E-state index contributed by atoms with van der Waals surface area (Å²) in [6, 6.07) is 1.68. The SMILES string of the molecule is CCCCN1/C(=C/C=C2\CCC(/C=C/C3=[N+](CCCC)C4CCCC5CCCC3C54)=C2C2CCCCC2)C2CCCC3CCCC1C32. The molecule has 0 aromatic rings. The van der Waals surface area contributed by atoms with Crippen molar-refractivity contribution in [3.8, 4) is 0 Å². The Labute approximate surface area is 289 Å². The summed E-state index contributed by atoms with van der Waals surface area (Å²) in [5.41, 5.74) is 8.80. The molecule has 2 heteroatoms. The summed E-state index contributed by atoms with van der Waals surface area (Å²) in [5.74, 6) is 6.39. The molecule has 0 aromatic carbocycles. The fourth-order valence-corrected chi connectivity index (χ4v) is 13.3. The number of allylic oxidation sites excluding steroid dienone is 8. The number of nitrogens with zero attached hydrogens (tertiary/aromatic N) is 2. The quantitative estimate of drug-likeness (QED) is 0.216. The maximum absolute atomic E-state index is 2.98. The van der Waals surface area contributed by atoms with Crippen molar-refractivity contribution in [1.29, 1.82) is 0 Å². The first-order valence-electron chi connectivity index (χ1n) is 21.5. The van der Waals surface area contributed by atoms with Crippen molar-refractivity contribution < 1.29 is 4.58 Å². The van der Waals surface area contributed by atoms with Crippen molar-refractivity contribution in [2.24, 2.45) is 41.4 Å². The number of unbranched alkanes of at least 4 members (excludes halogenated alkanes) is 2. The Hall–Kier alpha value is -1.57. The highest BCUT2D eigenvalue weighted by molar-refractivity contribution is 5.94. The van der Waals surface area contributed by atoms with Crippen molar-refractivity contribution in [1.82, 2.24) is 4.90 Å². The van der Waals surface area contributed by atoms with Crippen molar-refractivity contribution in [3.05, 3.63) is 46.7 Å². The van der Waals surface area contributed by atoms with E-state index in [9.17, 15) is 0 Å². The third-order valence-corrected chi connectivity index (χ3v) is 15.2. The lowest BCUT2D eigenvalue weighted by molar-refractivity contribution is -0.568. The van der Waals surface area contributed by atoms with Crippen molar-refractivity contribution >= 4 is 5.71 Å². The second kappa shape index (κ2) is 14.7. The number of hydrogen-bond donors (Lipinski definition) is 0. The molecule has 8 unspecified atom stereocenters. The van der Waals surface area contributed by atoms with Gasteiger partial charge in [-0.2, -0.15) is 0 Å². The van der Waals surface area contributed by atoms with Crippen molar-refractivity contribution in [2.75, 3.05) is 13.1 Å². The van der Waals surface area contributed by atoms with E-state index in [1.54, 1.807) is 22.6 Å². The van der Waals surface area contributed by atoms with E-state index in [2.05, 4.69) is 47.6 Å². The lowest BCUT2D eigenvalue weighted by Crippen LogP contribution is -2.40. The Bertz CT molecular complexity index is 1270. The van der Waals surface area contributed by atoms with Crippen LogP contribution < -0.4 is 0 Å². The first kappa shape index (κ1) is 32.6. The van der Waals surface area contributed by atoms with Crippen LogP contribution in [0.4, 0.5) is 0 Å². The molecule has 0 N–H and O–H groups in total. The van der Waals surface area contributed by atoms with Gasteiger partial charge in [0.25, 0.3) is 0 Å². The van der Waals surface area contributed by atoms with Crippen LogP contribution in [0.25, 0.3) is 0 Å². The second-order valence-electron chi connectivity index (χ2n) is 17.7. The van der Waals surface area contributed by atoms with Gasteiger partial charge in [0.2, 0.25) is 0 Å². The normalized spacial score (nSPS) is 39.1. The molecule has 1 saturated heterocycles. The van der Waals surface area contributed by atoms with E-state index in [-0.39, 0.29) is 0 Å². The van der Waals surface area contributed by atoms with E-state index in [0.29, 0.717) is 0 Å². The lowest BCUT2D eigenvalue weighted by atomic mass is 9.64. The fourth-order valence-electron chi connectivity index (χ4n) is 13.3. The fraction of sp³-hybridized carbons (Fsp3) is 0.800. The first-order chi connectivity index (χ1) is 23.3. The monoisotopic (exact) mass is 638 g/mol. The van der Waals surface area contributed by atoms with E-state index in [1.807, 2.05) is 5.57 Å². The Morgan fingerprint density at radius 2 is 1.38 bits per heavy atom. The molecule has 8 rings (SSSR count). The maximum Gasteiger partial charge on any atom is 0.179 e. The summed E-state index contributed by atoms with van der Waals surface area (Å²) < 4.78 is 2.98. The second-order valence-corrected chi connectivity index (χ2v) is 17.7. The Morgan fingerprint density at radius 3 is 2.17 bits per heavy atom. The first-order valence-corrected chi connectivity index (χ1v) is 21.5. The van der Waals surface area contributed by atoms with Crippen LogP contribution in [-0.2, 0) is 0 Å². The van der Waals surface area contributed by atoms with E-state index in [0.717, 1.165) is 53.5 Å². The van der Waals surface area contributed by atoms with Gasteiger partial charge in [-0.3, -0.25) is 0 Å². The van der Waals surface area contributed by atoms with Crippen LogP contribution in [0, 0.1) is 41.4 Å². The van der Waals surface area contributed by atoms with Crippen LogP contribution in [0.15, 0.2) is 46.7 Å². The van der Waals surface area contributed by atoms with Crippen LogP contribution in [0.2, 0.25) is 0 Å². The Kier molecular flexibility index (Phi) is 10.2. The molecule has 0 amide bonds. The molecular weight excluding hydrogens is 569 g/mol. The van der Waals surface area contributed by atoms with Gasteiger partial charge in [-0.1, -0.05) is 90.2 Å². The largest absolute Gasteiger partial charge is 0.371 e. The molecule has 8 atom stereocenters. The zero-order valence-corrected chi connectivity index (χ0v) is 30.6. The minimum Gasteiger partial charge on any atom is -0.371 e. The molecule has 2 aliphatic heterocycles. The van der Waals surface area contributed by atoms with Crippen LogP contribution in [-0.4, -0.2) is 40.4 Å². The van der Waals surface area contributed by atoms with Crippen molar-refractivity contribution in [2.45, 2.75) is 174 Å². The van der Waals surface area contributed by atoms with Gasteiger partial charge in [-0.15, -0.1) is 0 Å². The third kappa shape index (κ3) is 6.22. The van der Waals surface area contributed by atoms with E-state index in [1.165, 1.54) is 161 Å². The molecule has 0 bridgehead atoms. The van der Waals surface area contributed by atoms with Crippen LogP contribution >= 0.6 is 0 Å². The van der Waals surface area contributed by atoms with Gasteiger partial charge in [0.05, 0.1) is 5.92 Å². The molecule has 258 valence electrons. The molecule has 2 heterocycles. The molecule has 47 heavy (non-hydrogen) atoms. The molecule has 0 aromatic heterocycles.